The Morgan fingerprint density at radius 1 is 1.38 bits per heavy atom. The molecule has 0 spiro atoms. The Kier molecular flexibility index (Phi) is 3.18. The van der Waals surface area contributed by atoms with Gasteiger partial charge in [0.25, 0.3) is 0 Å². The third kappa shape index (κ3) is 2.38. The Morgan fingerprint density at radius 2 is 2.25 bits per heavy atom. The van der Waals surface area contributed by atoms with Crippen molar-refractivity contribution in [2.24, 2.45) is 0 Å². The van der Waals surface area contributed by atoms with Gasteiger partial charge in [0.2, 0.25) is 0 Å². The summed E-state index contributed by atoms with van der Waals surface area (Å²) in [5, 5.41) is 8.74. The first-order chi connectivity index (χ1) is 7.79. The van der Waals surface area contributed by atoms with Crippen molar-refractivity contribution in [3.8, 4) is 6.07 Å². The van der Waals surface area contributed by atoms with Crippen molar-refractivity contribution in [1.82, 2.24) is 0 Å². The minimum atomic E-state index is 0.516. The molecule has 1 aromatic carbocycles. The topological polar surface area (TPSA) is 63.0 Å². The average molecular weight is 230 g/mol. The molecule has 0 fully saturated rings. The van der Waals surface area contributed by atoms with Crippen LogP contribution in [0, 0.1) is 11.3 Å². The molecule has 4 heteroatoms. The Labute approximate surface area is 97.9 Å². The summed E-state index contributed by atoms with van der Waals surface area (Å²) in [4.78, 5) is 1.04. The molecule has 0 bridgehead atoms. The van der Waals surface area contributed by atoms with E-state index >= 15 is 0 Å². The summed E-state index contributed by atoms with van der Waals surface area (Å²) in [7, 11) is 0. The van der Waals surface area contributed by atoms with Gasteiger partial charge in [0.15, 0.2) is 0 Å². The molecule has 0 radical (unpaired) electrons. The monoisotopic (exact) mass is 230 g/mol. The molecule has 0 aliphatic rings. The molecule has 1 aromatic heterocycles. The summed E-state index contributed by atoms with van der Waals surface area (Å²) in [6, 6.07) is 11.3. The first-order valence-electron chi connectivity index (χ1n) is 4.74. The lowest BCUT2D eigenvalue weighted by atomic mass is 10.2. The van der Waals surface area contributed by atoms with E-state index in [1.54, 1.807) is 24.1 Å². The van der Waals surface area contributed by atoms with E-state index in [4.69, 9.17) is 15.4 Å². The number of thioether (sulfide) groups is 1. The lowest BCUT2D eigenvalue weighted by molar-refractivity contribution is 0.530. The second kappa shape index (κ2) is 4.77. The number of nitrogens with two attached hydrogens (primary N) is 1. The van der Waals surface area contributed by atoms with Crippen LogP contribution in [0.3, 0.4) is 0 Å². The molecule has 2 aromatic rings. The van der Waals surface area contributed by atoms with Crippen LogP contribution in [-0.4, -0.2) is 0 Å². The molecule has 80 valence electrons. The summed E-state index contributed by atoms with van der Waals surface area (Å²) in [5.74, 6) is 1.69. The number of benzene rings is 1. The number of anilines is 1. The number of hydrogen-bond acceptors (Lipinski definition) is 4. The van der Waals surface area contributed by atoms with Crippen LogP contribution in [0.15, 0.2) is 45.9 Å². The van der Waals surface area contributed by atoms with Crippen LogP contribution in [-0.2, 0) is 5.75 Å². The zero-order chi connectivity index (χ0) is 11.4. The van der Waals surface area contributed by atoms with Gasteiger partial charge in [-0.25, -0.2) is 0 Å². The number of nitrogens with zero attached hydrogens (tertiary/aromatic N) is 1. The molecule has 0 unspecified atom stereocenters. The third-order valence-corrected chi connectivity index (χ3v) is 3.12. The molecule has 3 nitrogen and oxygen atoms in total. The van der Waals surface area contributed by atoms with Crippen LogP contribution in [0.5, 0.6) is 0 Å². The van der Waals surface area contributed by atoms with Crippen LogP contribution in [0.2, 0.25) is 0 Å². The smallest absolute Gasteiger partial charge is 0.113 e. The molecule has 0 aliphatic carbocycles. The zero-order valence-corrected chi connectivity index (χ0v) is 9.33. The number of hydrogen-bond donors (Lipinski definition) is 1. The van der Waals surface area contributed by atoms with Gasteiger partial charge >= 0.3 is 0 Å². The summed E-state index contributed by atoms with van der Waals surface area (Å²) >= 11 is 1.63. The molecular formula is C12H10N2OS. The van der Waals surface area contributed by atoms with E-state index in [-0.39, 0.29) is 0 Å². The maximum atomic E-state index is 8.74. The Bertz CT molecular complexity index is 514. The normalized spacial score (nSPS) is 9.94. The highest BCUT2D eigenvalue weighted by Crippen LogP contribution is 2.26. The predicted molar refractivity (Wildman–Crippen MR) is 63.8 cm³/mol. The highest BCUT2D eigenvalue weighted by Gasteiger charge is 2.02. The summed E-state index contributed by atoms with van der Waals surface area (Å²) in [6.45, 7) is 0. The largest absolute Gasteiger partial charge is 0.468 e. The lowest BCUT2D eigenvalue weighted by Crippen LogP contribution is -1.90. The third-order valence-electron chi connectivity index (χ3n) is 2.10. The molecule has 0 saturated heterocycles. The fourth-order valence-electron chi connectivity index (χ4n) is 1.28. The molecule has 2 rings (SSSR count). The number of nitrogen functional groups attached to an aromatic ring is 1. The second-order valence-electron chi connectivity index (χ2n) is 3.23. The van der Waals surface area contributed by atoms with E-state index in [1.807, 2.05) is 30.3 Å². The van der Waals surface area contributed by atoms with Gasteiger partial charge in [-0.2, -0.15) is 5.26 Å². The molecule has 2 N–H and O–H groups in total. The van der Waals surface area contributed by atoms with Crippen molar-refractivity contribution in [1.29, 1.82) is 5.26 Å². The van der Waals surface area contributed by atoms with E-state index in [2.05, 4.69) is 0 Å². The van der Waals surface area contributed by atoms with Crippen LogP contribution in [0.25, 0.3) is 0 Å². The lowest BCUT2D eigenvalue weighted by Gasteiger charge is -2.02. The van der Waals surface area contributed by atoms with Crippen molar-refractivity contribution in [3.63, 3.8) is 0 Å². The summed E-state index contributed by atoms with van der Waals surface area (Å²) < 4.78 is 5.23. The number of nitriles is 1. The SMILES string of the molecule is N#Cc1ccc(SCc2ccco2)cc1N. The van der Waals surface area contributed by atoms with Gasteiger partial charge in [0.05, 0.1) is 23.3 Å². The fraction of sp³-hybridized carbons (Fsp3) is 0.0833. The number of rotatable bonds is 3. The summed E-state index contributed by atoms with van der Waals surface area (Å²) in [6.07, 6.45) is 1.66. The first kappa shape index (κ1) is 10.7. The molecule has 0 atom stereocenters. The van der Waals surface area contributed by atoms with Crippen LogP contribution < -0.4 is 5.73 Å². The Balaban J connectivity index is 2.06. The first-order valence-corrected chi connectivity index (χ1v) is 5.73. The predicted octanol–water partition coefficient (Wildman–Crippen LogP) is 3.03. The summed E-state index contributed by atoms with van der Waals surface area (Å²) in [5.41, 5.74) is 6.76. The van der Waals surface area contributed by atoms with Crippen molar-refractivity contribution in [2.45, 2.75) is 10.6 Å². The van der Waals surface area contributed by atoms with Gasteiger partial charge in [-0.3, -0.25) is 0 Å². The Hall–Kier alpha value is -1.86. The van der Waals surface area contributed by atoms with E-state index < -0.39 is 0 Å². The highest BCUT2D eigenvalue weighted by atomic mass is 32.2. The van der Waals surface area contributed by atoms with Crippen molar-refractivity contribution in [2.75, 3.05) is 5.73 Å². The average Bonchev–Trinajstić information content (AvgIpc) is 2.79. The van der Waals surface area contributed by atoms with E-state index in [0.29, 0.717) is 11.3 Å². The highest BCUT2D eigenvalue weighted by molar-refractivity contribution is 7.98. The molecule has 1 heterocycles. The van der Waals surface area contributed by atoms with Crippen LogP contribution in [0.4, 0.5) is 5.69 Å². The van der Waals surface area contributed by atoms with E-state index in [9.17, 15) is 0 Å². The second-order valence-corrected chi connectivity index (χ2v) is 4.28. The van der Waals surface area contributed by atoms with Crippen molar-refractivity contribution >= 4 is 17.4 Å². The molecular weight excluding hydrogens is 220 g/mol. The molecule has 0 amide bonds. The molecule has 0 aliphatic heterocycles. The number of furan rings is 1. The van der Waals surface area contributed by atoms with Crippen LogP contribution in [0.1, 0.15) is 11.3 Å². The quantitative estimate of drug-likeness (QED) is 0.650. The van der Waals surface area contributed by atoms with Gasteiger partial charge in [-0.05, 0) is 30.3 Å². The molecule has 0 saturated carbocycles. The van der Waals surface area contributed by atoms with Crippen LogP contribution >= 0.6 is 11.8 Å². The van der Waals surface area contributed by atoms with Crippen molar-refractivity contribution < 1.29 is 4.42 Å². The standard InChI is InChI=1S/C12H10N2OS/c13-7-9-3-4-11(6-12(9)14)16-8-10-2-1-5-15-10/h1-6H,8,14H2. The van der Waals surface area contributed by atoms with Gasteiger partial charge in [-0.1, -0.05) is 0 Å². The fourth-order valence-corrected chi connectivity index (χ4v) is 2.13. The minimum Gasteiger partial charge on any atom is -0.468 e. The van der Waals surface area contributed by atoms with Gasteiger partial charge in [0.1, 0.15) is 11.8 Å². The molecule has 16 heavy (non-hydrogen) atoms. The maximum absolute atomic E-state index is 8.74. The Morgan fingerprint density at radius 3 is 2.88 bits per heavy atom. The maximum Gasteiger partial charge on any atom is 0.113 e. The van der Waals surface area contributed by atoms with Gasteiger partial charge in [0, 0.05) is 4.90 Å². The van der Waals surface area contributed by atoms with E-state index in [0.717, 1.165) is 16.4 Å². The zero-order valence-electron chi connectivity index (χ0n) is 8.51. The van der Waals surface area contributed by atoms with Gasteiger partial charge < -0.3 is 10.2 Å². The minimum absolute atomic E-state index is 0.516. The van der Waals surface area contributed by atoms with Crippen molar-refractivity contribution in [3.05, 3.63) is 47.9 Å². The van der Waals surface area contributed by atoms with Gasteiger partial charge in [-0.15, -0.1) is 11.8 Å². The van der Waals surface area contributed by atoms with E-state index in [1.165, 1.54) is 0 Å².